The van der Waals surface area contributed by atoms with Gasteiger partial charge in [0.1, 0.15) is 12.0 Å². The highest BCUT2D eigenvalue weighted by Gasteiger charge is 2.43. The van der Waals surface area contributed by atoms with Gasteiger partial charge < -0.3 is 38.3 Å². The normalized spacial score (nSPS) is 15.4. The highest BCUT2D eigenvalue weighted by molar-refractivity contribution is 5.92. The smallest absolute Gasteiger partial charge is 0.343 e. The van der Waals surface area contributed by atoms with Crippen molar-refractivity contribution in [3.05, 3.63) is 76.9 Å². The molecule has 11 nitrogen and oxygen atoms in total. The Morgan fingerprint density at radius 1 is 0.805 bits per heavy atom. The number of phenolic OH excluding ortho intramolecular Hbond substituents is 1. The highest BCUT2D eigenvalue weighted by Crippen LogP contribution is 2.52. The molecule has 2 atom stereocenters. The quantitative estimate of drug-likeness (QED) is 0.227. The number of hydrogen-bond donors (Lipinski definition) is 1. The summed E-state index contributed by atoms with van der Waals surface area (Å²) >= 11 is 0. The molecule has 0 saturated carbocycles. The standard InChI is InChI=1S/C30H28O11/c1-35-22-15-18(7-9-20(22)31)29(33)40-21-10-8-17(14-23(21)36-2)27-26(30(34)39-5)19-12-16(6-11-25(32)38-4)13-24(37-3)28(19)41-27/h6-15,26-27,31H,1-5H3/b11-6+/t26-,27+/m1/s1. The van der Waals surface area contributed by atoms with Crippen LogP contribution >= 0.6 is 0 Å². The van der Waals surface area contributed by atoms with Crippen molar-refractivity contribution in [2.75, 3.05) is 35.5 Å². The molecule has 3 aromatic rings. The largest absolute Gasteiger partial charge is 0.504 e. The average molecular weight is 565 g/mol. The Kier molecular flexibility index (Phi) is 8.66. The van der Waals surface area contributed by atoms with E-state index in [1.807, 2.05) is 0 Å². The maximum atomic E-state index is 13.0. The van der Waals surface area contributed by atoms with Gasteiger partial charge >= 0.3 is 17.9 Å². The van der Waals surface area contributed by atoms with E-state index in [1.165, 1.54) is 72.0 Å². The molecule has 1 aliphatic rings. The van der Waals surface area contributed by atoms with Crippen molar-refractivity contribution in [3.63, 3.8) is 0 Å². The Morgan fingerprint density at radius 3 is 2.20 bits per heavy atom. The molecule has 0 amide bonds. The van der Waals surface area contributed by atoms with Gasteiger partial charge in [-0.15, -0.1) is 0 Å². The summed E-state index contributed by atoms with van der Waals surface area (Å²) < 4.78 is 37.6. The molecule has 0 spiro atoms. The minimum atomic E-state index is -0.891. The van der Waals surface area contributed by atoms with E-state index in [-0.39, 0.29) is 28.6 Å². The summed E-state index contributed by atoms with van der Waals surface area (Å²) in [6.07, 6.45) is 1.94. The molecule has 0 saturated heterocycles. The first-order valence-corrected chi connectivity index (χ1v) is 12.2. The lowest BCUT2D eigenvalue weighted by atomic mass is 9.90. The number of ether oxygens (including phenoxy) is 7. The van der Waals surface area contributed by atoms with Crippen molar-refractivity contribution in [2.45, 2.75) is 12.0 Å². The van der Waals surface area contributed by atoms with Gasteiger partial charge in [-0.25, -0.2) is 9.59 Å². The molecule has 3 aromatic carbocycles. The second kappa shape index (κ2) is 12.3. The summed E-state index contributed by atoms with van der Waals surface area (Å²) in [5.74, 6) is -1.67. The van der Waals surface area contributed by atoms with E-state index in [0.717, 1.165) is 0 Å². The first kappa shape index (κ1) is 28.8. The molecule has 214 valence electrons. The van der Waals surface area contributed by atoms with Gasteiger partial charge in [0.05, 0.1) is 41.1 Å². The molecule has 41 heavy (non-hydrogen) atoms. The number of phenols is 1. The van der Waals surface area contributed by atoms with E-state index in [1.54, 1.807) is 24.3 Å². The van der Waals surface area contributed by atoms with Crippen molar-refractivity contribution < 1.29 is 52.6 Å². The Labute approximate surface area is 235 Å². The number of hydrogen-bond acceptors (Lipinski definition) is 11. The number of fused-ring (bicyclic) bond motifs is 1. The van der Waals surface area contributed by atoms with Crippen LogP contribution in [0.25, 0.3) is 6.08 Å². The maximum Gasteiger partial charge on any atom is 0.343 e. The van der Waals surface area contributed by atoms with Gasteiger partial charge in [-0.05, 0) is 59.7 Å². The zero-order chi connectivity index (χ0) is 29.7. The third-order valence-corrected chi connectivity index (χ3v) is 6.41. The number of rotatable bonds is 9. The summed E-state index contributed by atoms with van der Waals surface area (Å²) in [7, 11) is 6.78. The fraction of sp³-hybridized carbons (Fsp3) is 0.233. The number of benzene rings is 3. The second-order valence-electron chi connectivity index (χ2n) is 8.72. The van der Waals surface area contributed by atoms with Gasteiger partial charge in [0, 0.05) is 11.6 Å². The number of carbonyl (C=O) groups is 3. The van der Waals surface area contributed by atoms with Crippen LogP contribution in [-0.2, 0) is 19.1 Å². The summed E-state index contributed by atoms with van der Waals surface area (Å²) in [6.45, 7) is 0. The van der Waals surface area contributed by atoms with Gasteiger partial charge in [-0.2, -0.15) is 0 Å². The van der Waals surface area contributed by atoms with Crippen LogP contribution in [0.4, 0.5) is 0 Å². The molecule has 0 bridgehead atoms. The summed E-state index contributed by atoms with van der Waals surface area (Å²) in [4.78, 5) is 37.4. The van der Waals surface area contributed by atoms with Crippen molar-refractivity contribution in [3.8, 4) is 34.5 Å². The zero-order valence-electron chi connectivity index (χ0n) is 23.0. The molecule has 0 aromatic heterocycles. The van der Waals surface area contributed by atoms with Crippen LogP contribution in [0.15, 0.2) is 54.6 Å². The Morgan fingerprint density at radius 2 is 1.54 bits per heavy atom. The average Bonchev–Trinajstić information content (AvgIpc) is 3.38. The topological polar surface area (TPSA) is 136 Å². The van der Waals surface area contributed by atoms with Crippen LogP contribution in [0, 0.1) is 0 Å². The number of methoxy groups -OCH3 is 5. The minimum absolute atomic E-state index is 0.117. The van der Waals surface area contributed by atoms with Crippen LogP contribution < -0.4 is 23.7 Å². The third kappa shape index (κ3) is 5.88. The van der Waals surface area contributed by atoms with Crippen LogP contribution in [0.5, 0.6) is 34.5 Å². The SMILES string of the molecule is COC(=O)/C=C/c1cc(OC)c2c(c1)[C@@H](C(=O)OC)[C@H](c1ccc(OC(=O)c3ccc(O)c(OC)c3)c(OC)c1)O2. The number of aromatic hydroxyl groups is 1. The molecule has 0 radical (unpaired) electrons. The molecule has 1 N–H and O–H groups in total. The lowest BCUT2D eigenvalue weighted by molar-refractivity contribution is -0.144. The molecule has 0 unspecified atom stereocenters. The lowest BCUT2D eigenvalue weighted by Crippen LogP contribution is -2.20. The number of carbonyl (C=O) groups excluding carboxylic acids is 3. The van der Waals surface area contributed by atoms with E-state index in [4.69, 9.17) is 28.4 Å². The fourth-order valence-corrected chi connectivity index (χ4v) is 4.39. The Hall–Kier alpha value is -5.19. The summed E-state index contributed by atoms with van der Waals surface area (Å²) in [5.41, 5.74) is 1.76. The van der Waals surface area contributed by atoms with E-state index in [0.29, 0.717) is 28.2 Å². The van der Waals surface area contributed by atoms with Gasteiger partial charge in [-0.3, -0.25) is 4.79 Å². The molecule has 0 aliphatic carbocycles. The second-order valence-corrected chi connectivity index (χ2v) is 8.72. The van der Waals surface area contributed by atoms with Crippen LogP contribution in [-0.4, -0.2) is 58.6 Å². The maximum absolute atomic E-state index is 13.0. The van der Waals surface area contributed by atoms with Crippen molar-refractivity contribution >= 4 is 24.0 Å². The summed E-state index contributed by atoms with van der Waals surface area (Å²) in [6, 6.07) is 12.2. The van der Waals surface area contributed by atoms with Crippen molar-refractivity contribution in [1.29, 1.82) is 0 Å². The van der Waals surface area contributed by atoms with Gasteiger partial charge in [0.25, 0.3) is 0 Å². The van der Waals surface area contributed by atoms with E-state index >= 15 is 0 Å². The molecule has 1 aliphatic heterocycles. The Balaban J connectivity index is 1.68. The monoisotopic (exact) mass is 564 g/mol. The predicted octanol–water partition coefficient (Wildman–Crippen LogP) is 4.21. The molecular weight excluding hydrogens is 536 g/mol. The van der Waals surface area contributed by atoms with Crippen molar-refractivity contribution in [1.82, 2.24) is 0 Å². The summed E-state index contributed by atoms with van der Waals surface area (Å²) in [5, 5.41) is 9.80. The molecular formula is C30H28O11. The van der Waals surface area contributed by atoms with E-state index in [9.17, 15) is 19.5 Å². The molecule has 4 rings (SSSR count). The zero-order valence-corrected chi connectivity index (χ0v) is 23.0. The lowest BCUT2D eigenvalue weighted by Gasteiger charge is -2.19. The third-order valence-electron chi connectivity index (χ3n) is 6.41. The Bertz CT molecular complexity index is 1510. The molecule has 1 heterocycles. The van der Waals surface area contributed by atoms with Gasteiger partial charge in [-0.1, -0.05) is 6.07 Å². The van der Waals surface area contributed by atoms with Crippen LogP contribution in [0.2, 0.25) is 0 Å². The first-order chi connectivity index (χ1) is 19.7. The predicted molar refractivity (Wildman–Crippen MR) is 145 cm³/mol. The first-order valence-electron chi connectivity index (χ1n) is 12.2. The highest BCUT2D eigenvalue weighted by atomic mass is 16.6. The van der Waals surface area contributed by atoms with Crippen LogP contribution in [0.3, 0.4) is 0 Å². The minimum Gasteiger partial charge on any atom is -0.504 e. The van der Waals surface area contributed by atoms with Gasteiger partial charge in [0.2, 0.25) is 0 Å². The van der Waals surface area contributed by atoms with E-state index in [2.05, 4.69) is 4.74 Å². The number of esters is 3. The molecule has 11 heteroatoms. The fourth-order valence-electron chi connectivity index (χ4n) is 4.39. The van der Waals surface area contributed by atoms with Gasteiger partial charge in [0.15, 0.2) is 34.5 Å². The molecule has 0 fully saturated rings. The van der Waals surface area contributed by atoms with Crippen molar-refractivity contribution in [2.24, 2.45) is 0 Å². The van der Waals surface area contributed by atoms with Crippen LogP contribution in [0.1, 0.15) is 39.1 Å². The van der Waals surface area contributed by atoms with E-state index < -0.39 is 29.9 Å².